The normalized spacial score (nSPS) is 11.7. The molecular weight excluding hydrogens is 439 g/mol. The number of benzene rings is 2. The molecule has 0 aliphatic carbocycles. The number of halogens is 3. The van der Waals surface area contributed by atoms with Gasteiger partial charge in [0, 0.05) is 29.2 Å². The van der Waals surface area contributed by atoms with Gasteiger partial charge in [-0.05, 0) is 49.7 Å². The minimum atomic E-state index is -4.53. The largest absolute Gasteiger partial charge is 0.481 e. The maximum Gasteiger partial charge on any atom is 0.416 e. The Balaban J connectivity index is 1.64. The average Bonchev–Trinajstić information content (AvgIpc) is 2.78. The summed E-state index contributed by atoms with van der Waals surface area (Å²) in [6.07, 6.45) is -1.52. The Bertz CT molecular complexity index is 1140. The highest BCUT2D eigenvalue weighted by Gasteiger charge is 2.31. The fraction of sp³-hybridized carbons (Fsp3) is 0.217. The molecule has 33 heavy (non-hydrogen) atoms. The number of carbonyl (C=O) groups excluding carboxylic acids is 1. The van der Waals surface area contributed by atoms with E-state index >= 15 is 0 Å². The van der Waals surface area contributed by atoms with Crippen LogP contribution in [0.4, 0.5) is 18.9 Å². The van der Waals surface area contributed by atoms with E-state index in [-0.39, 0.29) is 18.2 Å². The van der Waals surface area contributed by atoms with E-state index in [1.165, 1.54) is 38.4 Å². The quantitative estimate of drug-likeness (QED) is 0.521. The number of ether oxygens (including phenoxy) is 1. The lowest BCUT2D eigenvalue weighted by Crippen LogP contribution is -2.31. The van der Waals surface area contributed by atoms with Crippen molar-refractivity contribution < 1.29 is 32.6 Å². The van der Waals surface area contributed by atoms with Gasteiger partial charge in [-0.15, -0.1) is 0 Å². The SMILES string of the molecule is CC(C)(COc1ncc(-c2ccc(NC(=O)c3cccc(C(F)(F)F)c3)cc2)cn1)C(=O)O. The molecule has 1 amide bonds. The molecule has 172 valence electrons. The van der Waals surface area contributed by atoms with Gasteiger partial charge in [0.05, 0.1) is 11.0 Å². The van der Waals surface area contributed by atoms with E-state index < -0.39 is 29.0 Å². The molecule has 0 aliphatic heterocycles. The van der Waals surface area contributed by atoms with Crippen molar-refractivity contribution in [1.29, 1.82) is 0 Å². The summed E-state index contributed by atoms with van der Waals surface area (Å²) in [6, 6.07) is 10.8. The van der Waals surface area contributed by atoms with E-state index in [4.69, 9.17) is 9.84 Å². The van der Waals surface area contributed by atoms with Crippen LogP contribution in [0.2, 0.25) is 0 Å². The Morgan fingerprint density at radius 3 is 2.21 bits per heavy atom. The molecule has 10 heteroatoms. The number of anilines is 1. The number of hydrogen-bond acceptors (Lipinski definition) is 5. The minimum absolute atomic E-state index is 0.0399. The second-order valence-corrected chi connectivity index (χ2v) is 7.84. The first-order valence-electron chi connectivity index (χ1n) is 9.73. The van der Waals surface area contributed by atoms with Crippen LogP contribution in [0.15, 0.2) is 60.9 Å². The van der Waals surface area contributed by atoms with Crippen LogP contribution in [-0.4, -0.2) is 33.6 Å². The van der Waals surface area contributed by atoms with Gasteiger partial charge in [-0.25, -0.2) is 9.97 Å². The van der Waals surface area contributed by atoms with E-state index in [0.717, 1.165) is 17.7 Å². The Morgan fingerprint density at radius 2 is 1.64 bits per heavy atom. The van der Waals surface area contributed by atoms with Gasteiger partial charge in [-0.3, -0.25) is 9.59 Å². The van der Waals surface area contributed by atoms with Crippen LogP contribution in [0.1, 0.15) is 29.8 Å². The maximum absolute atomic E-state index is 12.8. The summed E-state index contributed by atoms with van der Waals surface area (Å²) in [5, 5.41) is 11.7. The highest BCUT2D eigenvalue weighted by Crippen LogP contribution is 2.30. The molecule has 1 aromatic heterocycles. The number of nitrogens with one attached hydrogen (secondary N) is 1. The number of aromatic nitrogens is 2. The fourth-order valence-corrected chi connectivity index (χ4v) is 2.63. The Kier molecular flexibility index (Phi) is 6.66. The van der Waals surface area contributed by atoms with Gasteiger partial charge >= 0.3 is 18.2 Å². The molecule has 2 N–H and O–H groups in total. The van der Waals surface area contributed by atoms with Gasteiger partial charge in [-0.1, -0.05) is 18.2 Å². The first-order valence-corrected chi connectivity index (χ1v) is 9.73. The number of nitrogens with zero attached hydrogens (tertiary/aromatic N) is 2. The molecule has 0 spiro atoms. The van der Waals surface area contributed by atoms with Gasteiger partial charge < -0.3 is 15.2 Å². The highest BCUT2D eigenvalue weighted by atomic mass is 19.4. The zero-order valence-corrected chi connectivity index (χ0v) is 17.7. The molecule has 3 rings (SSSR count). The number of carboxylic acid groups (broad SMARTS) is 1. The third kappa shape index (κ3) is 6.06. The zero-order chi connectivity index (χ0) is 24.2. The molecule has 0 bridgehead atoms. The fourth-order valence-electron chi connectivity index (χ4n) is 2.63. The predicted octanol–water partition coefficient (Wildman–Crippen LogP) is 4.90. The molecule has 0 radical (unpaired) electrons. The molecule has 0 saturated carbocycles. The number of aliphatic carboxylic acids is 1. The van der Waals surface area contributed by atoms with Crippen molar-refractivity contribution in [3.63, 3.8) is 0 Å². The van der Waals surface area contributed by atoms with Crippen LogP contribution < -0.4 is 10.1 Å². The van der Waals surface area contributed by atoms with Crippen LogP contribution in [0.25, 0.3) is 11.1 Å². The van der Waals surface area contributed by atoms with Crippen LogP contribution >= 0.6 is 0 Å². The zero-order valence-electron chi connectivity index (χ0n) is 17.7. The topological polar surface area (TPSA) is 101 Å². The van der Waals surface area contributed by atoms with Crippen molar-refractivity contribution in [3.05, 3.63) is 72.1 Å². The molecule has 7 nitrogen and oxygen atoms in total. The summed E-state index contributed by atoms with van der Waals surface area (Å²) in [5.41, 5.74) is -0.317. The molecule has 0 atom stereocenters. The summed E-state index contributed by atoms with van der Waals surface area (Å²) < 4.78 is 43.9. The lowest BCUT2D eigenvalue weighted by atomic mass is 9.95. The summed E-state index contributed by atoms with van der Waals surface area (Å²) in [4.78, 5) is 31.6. The number of rotatable bonds is 7. The Hall–Kier alpha value is -3.95. The molecule has 2 aromatic carbocycles. The van der Waals surface area contributed by atoms with Gasteiger partial charge in [-0.2, -0.15) is 13.2 Å². The van der Waals surface area contributed by atoms with Crippen molar-refractivity contribution in [2.45, 2.75) is 20.0 Å². The first kappa shape index (κ1) is 23.7. The summed E-state index contributed by atoms with van der Waals surface area (Å²) >= 11 is 0. The van der Waals surface area contributed by atoms with E-state index in [0.29, 0.717) is 11.3 Å². The molecule has 0 unspecified atom stereocenters. The van der Waals surface area contributed by atoms with E-state index in [1.54, 1.807) is 24.3 Å². The van der Waals surface area contributed by atoms with Crippen LogP contribution in [0, 0.1) is 5.41 Å². The average molecular weight is 459 g/mol. The summed E-state index contributed by atoms with van der Waals surface area (Å²) in [7, 11) is 0. The lowest BCUT2D eigenvalue weighted by Gasteiger charge is -2.18. The van der Waals surface area contributed by atoms with Crippen molar-refractivity contribution in [2.24, 2.45) is 5.41 Å². The molecule has 0 fully saturated rings. The summed E-state index contributed by atoms with van der Waals surface area (Å²) in [6.45, 7) is 2.95. The smallest absolute Gasteiger partial charge is 0.416 e. The minimum Gasteiger partial charge on any atom is -0.481 e. The Labute approximate surface area is 187 Å². The van der Waals surface area contributed by atoms with Gasteiger partial charge in [0.2, 0.25) is 0 Å². The number of carbonyl (C=O) groups is 2. The molecule has 3 aromatic rings. The standard InChI is InChI=1S/C23H20F3N3O4/c1-22(2,20(31)32)13-33-21-27-11-16(12-28-21)14-6-8-18(9-7-14)29-19(30)15-4-3-5-17(10-15)23(24,25)26/h3-12H,13H2,1-2H3,(H,29,30)(H,31,32). The molecule has 0 saturated heterocycles. The third-order valence-corrected chi connectivity index (χ3v) is 4.70. The maximum atomic E-state index is 12.8. The van der Waals surface area contributed by atoms with E-state index in [1.807, 2.05) is 0 Å². The Morgan fingerprint density at radius 1 is 1.00 bits per heavy atom. The summed E-state index contributed by atoms with van der Waals surface area (Å²) in [5.74, 6) is -1.66. The third-order valence-electron chi connectivity index (χ3n) is 4.70. The molecule has 1 heterocycles. The number of carboxylic acids is 1. The lowest BCUT2D eigenvalue weighted by molar-refractivity contribution is -0.148. The number of hydrogen-bond donors (Lipinski definition) is 2. The van der Waals surface area contributed by atoms with Gasteiger partial charge in [0.1, 0.15) is 6.61 Å². The van der Waals surface area contributed by atoms with Crippen LogP contribution in [0.3, 0.4) is 0 Å². The van der Waals surface area contributed by atoms with E-state index in [9.17, 15) is 22.8 Å². The first-order chi connectivity index (χ1) is 15.5. The van der Waals surface area contributed by atoms with Crippen LogP contribution in [0.5, 0.6) is 6.01 Å². The van der Waals surface area contributed by atoms with Gasteiger partial charge in [0.25, 0.3) is 5.91 Å². The van der Waals surface area contributed by atoms with Gasteiger partial charge in [0.15, 0.2) is 0 Å². The van der Waals surface area contributed by atoms with Crippen molar-refractivity contribution in [2.75, 3.05) is 11.9 Å². The number of amides is 1. The van der Waals surface area contributed by atoms with Crippen LogP contribution in [-0.2, 0) is 11.0 Å². The van der Waals surface area contributed by atoms with Crippen molar-refractivity contribution in [1.82, 2.24) is 9.97 Å². The second-order valence-electron chi connectivity index (χ2n) is 7.84. The monoisotopic (exact) mass is 459 g/mol. The molecule has 0 aliphatic rings. The second kappa shape index (κ2) is 9.27. The predicted molar refractivity (Wildman–Crippen MR) is 114 cm³/mol. The molecular formula is C23H20F3N3O4. The van der Waals surface area contributed by atoms with Crippen molar-refractivity contribution in [3.8, 4) is 17.1 Å². The number of alkyl halides is 3. The highest BCUT2D eigenvalue weighted by molar-refractivity contribution is 6.04. The van der Waals surface area contributed by atoms with Crippen molar-refractivity contribution >= 4 is 17.6 Å². The van der Waals surface area contributed by atoms with E-state index in [2.05, 4.69) is 15.3 Å².